The molecule has 1 aliphatic heterocycles. The molecule has 17 heavy (non-hydrogen) atoms. The predicted octanol–water partition coefficient (Wildman–Crippen LogP) is -0.0646. The van der Waals surface area contributed by atoms with E-state index in [0.717, 1.165) is 0 Å². The van der Waals surface area contributed by atoms with Crippen LogP contribution in [0.2, 0.25) is 0 Å². The minimum absolute atomic E-state index is 0.205. The van der Waals surface area contributed by atoms with Gasteiger partial charge < -0.3 is 10.6 Å². The fourth-order valence-corrected chi connectivity index (χ4v) is 4.39. The van der Waals surface area contributed by atoms with Gasteiger partial charge in [-0.25, -0.2) is 8.42 Å². The van der Waals surface area contributed by atoms with E-state index in [2.05, 4.69) is 11.8 Å². The third-order valence-corrected chi connectivity index (χ3v) is 6.09. The zero-order valence-electron chi connectivity index (χ0n) is 11.3. The highest BCUT2D eigenvalue weighted by atomic mass is 32.2. The summed E-state index contributed by atoms with van der Waals surface area (Å²) in [7, 11) is 0.776. The second-order valence-corrected chi connectivity index (χ2v) is 7.35. The number of likely N-dealkylation sites (N-methyl/N-ethyl adjacent to an activating group) is 1. The van der Waals surface area contributed by atoms with Crippen LogP contribution in [0.4, 0.5) is 0 Å². The van der Waals surface area contributed by atoms with E-state index in [4.69, 9.17) is 5.73 Å². The Bertz CT molecular complexity index is 339. The highest BCUT2D eigenvalue weighted by molar-refractivity contribution is 7.89. The zero-order valence-corrected chi connectivity index (χ0v) is 12.1. The van der Waals surface area contributed by atoms with Crippen molar-refractivity contribution in [2.24, 2.45) is 11.7 Å². The Morgan fingerprint density at radius 1 is 1.41 bits per heavy atom. The molecule has 0 amide bonds. The van der Waals surface area contributed by atoms with Crippen molar-refractivity contribution in [1.29, 1.82) is 0 Å². The van der Waals surface area contributed by atoms with E-state index in [1.165, 1.54) is 0 Å². The van der Waals surface area contributed by atoms with E-state index in [9.17, 15) is 8.42 Å². The highest BCUT2D eigenvalue weighted by Crippen LogP contribution is 2.25. The Labute approximate surface area is 105 Å². The summed E-state index contributed by atoms with van der Waals surface area (Å²) in [6.45, 7) is 5.38. The third-order valence-electron chi connectivity index (χ3n) is 3.70. The topological polar surface area (TPSA) is 66.6 Å². The molecule has 102 valence electrons. The van der Waals surface area contributed by atoms with Gasteiger partial charge in [0.15, 0.2) is 0 Å². The Hall–Kier alpha value is -0.170. The summed E-state index contributed by atoms with van der Waals surface area (Å²) in [5.74, 6) is 0.370. The summed E-state index contributed by atoms with van der Waals surface area (Å²) < 4.78 is 26.3. The van der Waals surface area contributed by atoms with Crippen LogP contribution < -0.4 is 5.73 Å². The van der Waals surface area contributed by atoms with Gasteiger partial charge in [-0.3, -0.25) is 0 Å². The van der Waals surface area contributed by atoms with E-state index < -0.39 is 15.3 Å². The molecule has 0 radical (unpaired) electrons. The molecule has 3 atom stereocenters. The second kappa shape index (κ2) is 5.65. The van der Waals surface area contributed by atoms with Gasteiger partial charge in [-0.2, -0.15) is 4.31 Å². The molecule has 5 nitrogen and oxygen atoms in total. The number of hydrogen-bond acceptors (Lipinski definition) is 4. The summed E-state index contributed by atoms with van der Waals surface area (Å²) in [4.78, 5) is 2.10. The van der Waals surface area contributed by atoms with Crippen LogP contribution in [0.15, 0.2) is 0 Å². The summed E-state index contributed by atoms with van der Waals surface area (Å²) in [6.07, 6.45) is 0.580. The second-order valence-electron chi connectivity index (χ2n) is 5.14. The molecule has 1 heterocycles. The van der Waals surface area contributed by atoms with Gasteiger partial charge in [-0.15, -0.1) is 0 Å². The minimum Gasteiger partial charge on any atom is -0.329 e. The number of nitrogens with two attached hydrogens (primary N) is 1. The van der Waals surface area contributed by atoms with Crippen LogP contribution in [0.5, 0.6) is 0 Å². The standard InChI is InChI=1S/C11H25N3O2S/c1-5-10(6-12)17(15,16)14-7-9(2)11(8-14)13(3)4/h9-11H,5-8,12H2,1-4H3. The molecule has 0 aromatic heterocycles. The van der Waals surface area contributed by atoms with Gasteiger partial charge in [0, 0.05) is 25.7 Å². The number of sulfonamides is 1. The lowest BCUT2D eigenvalue weighted by molar-refractivity contribution is 0.263. The normalized spacial score (nSPS) is 28.8. The fourth-order valence-electron chi connectivity index (χ4n) is 2.50. The largest absolute Gasteiger partial charge is 0.329 e. The monoisotopic (exact) mass is 263 g/mol. The van der Waals surface area contributed by atoms with Crippen molar-refractivity contribution >= 4 is 10.0 Å². The maximum atomic E-state index is 12.3. The first kappa shape index (κ1) is 14.9. The molecule has 1 rings (SSSR count). The van der Waals surface area contributed by atoms with E-state index in [1.807, 2.05) is 21.0 Å². The average Bonchev–Trinajstić information content (AvgIpc) is 2.62. The molecule has 0 spiro atoms. The molecule has 3 unspecified atom stereocenters. The lowest BCUT2D eigenvalue weighted by Gasteiger charge is -2.24. The molecule has 0 bridgehead atoms. The summed E-state index contributed by atoms with van der Waals surface area (Å²) in [5.41, 5.74) is 5.55. The first-order valence-electron chi connectivity index (χ1n) is 6.20. The Kier molecular flexibility index (Phi) is 4.95. The molecular weight excluding hydrogens is 238 g/mol. The van der Waals surface area contributed by atoms with Crippen LogP contribution in [0.3, 0.4) is 0 Å². The first-order chi connectivity index (χ1) is 7.84. The van der Waals surface area contributed by atoms with E-state index in [-0.39, 0.29) is 6.54 Å². The molecule has 0 aromatic carbocycles. The highest BCUT2D eigenvalue weighted by Gasteiger charge is 2.39. The fraction of sp³-hybridized carbons (Fsp3) is 1.00. The Morgan fingerprint density at radius 2 is 2.00 bits per heavy atom. The Balaban J connectivity index is 2.82. The van der Waals surface area contributed by atoms with Crippen LogP contribution in [0.1, 0.15) is 20.3 Å². The SMILES string of the molecule is CCC(CN)S(=O)(=O)N1CC(C)C(N(C)C)C1. The van der Waals surface area contributed by atoms with Crippen LogP contribution in [0, 0.1) is 5.92 Å². The lowest BCUT2D eigenvalue weighted by Crippen LogP contribution is -2.42. The molecule has 1 fully saturated rings. The van der Waals surface area contributed by atoms with Gasteiger partial charge in [0.05, 0.1) is 5.25 Å². The van der Waals surface area contributed by atoms with Crippen LogP contribution >= 0.6 is 0 Å². The summed E-state index contributed by atoms with van der Waals surface area (Å²) >= 11 is 0. The minimum atomic E-state index is -3.22. The van der Waals surface area contributed by atoms with Crippen molar-refractivity contribution in [1.82, 2.24) is 9.21 Å². The van der Waals surface area contributed by atoms with Gasteiger partial charge in [0.2, 0.25) is 10.0 Å². The molecule has 0 aliphatic carbocycles. The van der Waals surface area contributed by atoms with Crippen molar-refractivity contribution in [3.8, 4) is 0 Å². The smallest absolute Gasteiger partial charge is 0.218 e. The van der Waals surface area contributed by atoms with Gasteiger partial charge in [0.25, 0.3) is 0 Å². The first-order valence-corrected chi connectivity index (χ1v) is 7.70. The number of hydrogen-bond donors (Lipinski definition) is 1. The van der Waals surface area contributed by atoms with Gasteiger partial charge in [0.1, 0.15) is 0 Å². The summed E-state index contributed by atoms with van der Waals surface area (Å²) in [5, 5.41) is -0.435. The molecule has 0 aromatic rings. The zero-order chi connectivity index (χ0) is 13.2. The lowest BCUT2D eigenvalue weighted by atomic mass is 10.1. The van der Waals surface area contributed by atoms with Crippen LogP contribution in [-0.4, -0.2) is 62.6 Å². The van der Waals surface area contributed by atoms with Crippen molar-refractivity contribution < 1.29 is 8.42 Å². The van der Waals surface area contributed by atoms with Crippen LogP contribution in [-0.2, 0) is 10.0 Å². The van der Waals surface area contributed by atoms with Gasteiger partial charge in [-0.05, 0) is 26.4 Å². The van der Waals surface area contributed by atoms with Crippen molar-refractivity contribution in [3.05, 3.63) is 0 Å². The van der Waals surface area contributed by atoms with E-state index >= 15 is 0 Å². The van der Waals surface area contributed by atoms with Crippen LogP contribution in [0.25, 0.3) is 0 Å². The van der Waals surface area contributed by atoms with Crippen molar-refractivity contribution in [2.45, 2.75) is 31.6 Å². The molecule has 6 heteroatoms. The third kappa shape index (κ3) is 2.99. The number of rotatable bonds is 5. The molecule has 1 aliphatic rings. The summed E-state index contributed by atoms with van der Waals surface area (Å²) in [6, 6.07) is 0.306. The molecule has 2 N–H and O–H groups in total. The maximum Gasteiger partial charge on any atom is 0.218 e. The molecule has 0 saturated carbocycles. The quantitative estimate of drug-likeness (QED) is 0.754. The number of nitrogens with zero attached hydrogens (tertiary/aromatic N) is 2. The average molecular weight is 263 g/mol. The van der Waals surface area contributed by atoms with E-state index in [1.54, 1.807) is 4.31 Å². The van der Waals surface area contributed by atoms with E-state index in [0.29, 0.717) is 31.5 Å². The predicted molar refractivity (Wildman–Crippen MR) is 70.3 cm³/mol. The molecule has 1 saturated heterocycles. The Morgan fingerprint density at radius 3 is 2.35 bits per heavy atom. The molecular formula is C11H25N3O2S. The van der Waals surface area contributed by atoms with Gasteiger partial charge in [-0.1, -0.05) is 13.8 Å². The van der Waals surface area contributed by atoms with Gasteiger partial charge >= 0.3 is 0 Å². The van der Waals surface area contributed by atoms with Crippen molar-refractivity contribution in [2.75, 3.05) is 33.7 Å². The maximum absolute atomic E-state index is 12.3. The van der Waals surface area contributed by atoms with Crippen molar-refractivity contribution in [3.63, 3.8) is 0 Å².